The van der Waals surface area contributed by atoms with Gasteiger partial charge in [-0.25, -0.2) is 0 Å². The largest absolute Gasteiger partial charge is 0.508 e. The molecule has 1 aromatic carbocycles. The van der Waals surface area contributed by atoms with Gasteiger partial charge in [0.2, 0.25) is 0 Å². The van der Waals surface area contributed by atoms with Gasteiger partial charge >= 0.3 is 0 Å². The Labute approximate surface area is 86.1 Å². The molecule has 0 saturated heterocycles. The van der Waals surface area contributed by atoms with E-state index in [0.29, 0.717) is 5.75 Å². The molecule has 1 heteroatoms. The van der Waals surface area contributed by atoms with Crippen LogP contribution in [0.1, 0.15) is 38.3 Å². The quantitative estimate of drug-likeness (QED) is 0.749. The van der Waals surface area contributed by atoms with Crippen molar-refractivity contribution in [2.75, 3.05) is 0 Å². The number of phenolic OH excluding ortho intramolecular Hbond substituents is 1. The van der Waals surface area contributed by atoms with Crippen LogP contribution in [0.3, 0.4) is 0 Å². The predicted molar refractivity (Wildman–Crippen MR) is 61.4 cm³/mol. The maximum Gasteiger partial charge on any atom is 0.116 e. The van der Waals surface area contributed by atoms with E-state index in [9.17, 15) is 5.11 Å². The average molecular weight is 190 g/mol. The Balaban J connectivity index is 3.25. The first-order valence-corrected chi connectivity index (χ1v) is 5.02. The Bertz CT molecular complexity index is 361. The van der Waals surface area contributed by atoms with Gasteiger partial charge in [-0.05, 0) is 56.0 Å². The number of benzene rings is 1. The predicted octanol–water partition coefficient (Wildman–Crippen LogP) is 3.90. The Kier molecular flexibility index (Phi) is 3.34. The molecule has 1 nitrogen and oxygen atoms in total. The summed E-state index contributed by atoms with van der Waals surface area (Å²) in [5.41, 5.74) is 5.03. The molecule has 14 heavy (non-hydrogen) atoms. The Morgan fingerprint density at radius 2 is 1.93 bits per heavy atom. The third-order valence-corrected chi connectivity index (χ3v) is 2.80. The maximum absolute atomic E-state index is 9.42. The van der Waals surface area contributed by atoms with Gasteiger partial charge in [0, 0.05) is 0 Å². The fourth-order valence-corrected chi connectivity index (χ4v) is 1.51. The minimum absolute atomic E-state index is 0.342. The van der Waals surface area contributed by atoms with Crippen LogP contribution < -0.4 is 0 Å². The van der Waals surface area contributed by atoms with E-state index in [1.807, 2.05) is 12.1 Å². The van der Waals surface area contributed by atoms with E-state index in [1.165, 1.54) is 16.7 Å². The number of hydrogen-bond donors (Lipinski definition) is 1. The van der Waals surface area contributed by atoms with Crippen molar-refractivity contribution in [2.45, 2.75) is 34.1 Å². The lowest BCUT2D eigenvalue weighted by Crippen LogP contribution is -1.88. The highest BCUT2D eigenvalue weighted by atomic mass is 16.3. The van der Waals surface area contributed by atoms with E-state index in [1.54, 1.807) is 6.07 Å². The molecular formula is C13H18O. The molecule has 0 radical (unpaired) electrons. The van der Waals surface area contributed by atoms with Crippen molar-refractivity contribution in [3.8, 4) is 5.75 Å². The van der Waals surface area contributed by atoms with E-state index in [4.69, 9.17) is 0 Å². The Hall–Kier alpha value is -1.24. The van der Waals surface area contributed by atoms with E-state index in [0.717, 1.165) is 12.0 Å². The zero-order valence-electron chi connectivity index (χ0n) is 9.39. The summed E-state index contributed by atoms with van der Waals surface area (Å²) >= 11 is 0. The highest BCUT2D eigenvalue weighted by molar-refractivity contribution is 5.70. The van der Waals surface area contributed by atoms with Crippen molar-refractivity contribution in [1.29, 1.82) is 0 Å². The molecule has 0 atom stereocenters. The minimum Gasteiger partial charge on any atom is -0.508 e. The molecule has 0 heterocycles. The molecule has 0 spiro atoms. The second-order valence-electron chi connectivity index (χ2n) is 3.76. The molecule has 0 fully saturated rings. The lowest BCUT2D eigenvalue weighted by atomic mass is 9.97. The van der Waals surface area contributed by atoms with Crippen LogP contribution in [0.4, 0.5) is 0 Å². The summed E-state index contributed by atoms with van der Waals surface area (Å²) in [6, 6.07) is 5.52. The summed E-state index contributed by atoms with van der Waals surface area (Å²) in [7, 11) is 0. The van der Waals surface area contributed by atoms with Crippen molar-refractivity contribution < 1.29 is 5.11 Å². The minimum atomic E-state index is 0.342. The van der Waals surface area contributed by atoms with E-state index >= 15 is 0 Å². The fourth-order valence-electron chi connectivity index (χ4n) is 1.51. The Morgan fingerprint density at radius 3 is 2.50 bits per heavy atom. The summed E-state index contributed by atoms with van der Waals surface area (Å²) in [4.78, 5) is 0. The SMILES string of the molecule is CC/C(C)=C(/C)c1cc(O)ccc1C. The van der Waals surface area contributed by atoms with Crippen LogP contribution >= 0.6 is 0 Å². The molecule has 1 N–H and O–H groups in total. The van der Waals surface area contributed by atoms with Crippen LogP contribution in [0.15, 0.2) is 23.8 Å². The van der Waals surface area contributed by atoms with Gasteiger partial charge in [0.05, 0.1) is 0 Å². The van der Waals surface area contributed by atoms with Crippen LogP contribution in [-0.2, 0) is 0 Å². The number of aryl methyl sites for hydroxylation is 1. The van der Waals surface area contributed by atoms with Gasteiger partial charge in [-0.2, -0.15) is 0 Å². The van der Waals surface area contributed by atoms with Crippen molar-refractivity contribution in [1.82, 2.24) is 0 Å². The zero-order chi connectivity index (χ0) is 10.7. The van der Waals surface area contributed by atoms with Crippen molar-refractivity contribution in [2.24, 2.45) is 0 Å². The Morgan fingerprint density at radius 1 is 1.29 bits per heavy atom. The first-order valence-electron chi connectivity index (χ1n) is 5.02. The lowest BCUT2D eigenvalue weighted by molar-refractivity contribution is 0.475. The van der Waals surface area contributed by atoms with Crippen LogP contribution in [0.25, 0.3) is 5.57 Å². The molecule has 0 aliphatic heterocycles. The molecule has 0 unspecified atom stereocenters. The highest BCUT2D eigenvalue weighted by Gasteiger charge is 2.03. The molecule has 0 aromatic heterocycles. The molecule has 0 bridgehead atoms. The lowest BCUT2D eigenvalue weighted by Gasteiger charge is -2.10. The number of rotatable bonds is 2. The normalized spacial score (nSPS) is 12.6. The topological polar surface area (TPSA) is 20.2 Å². The summed E-state index contributed by atoms with van der Waals surface area (Å²) in [6.07, 6.45) is 1.06. The standard InChI is InChI=1S/C13H18O/c1-5-9(2)11(4)13-8-12(14)7-6-10(13)3/h6-8,14H,5H2,1-4H3/b11-9-. The smallest absolute Gasteiger partial charge is 0.116 e. The van der Waals surface area contributed by atoms with Crippen LogP contribution in [0.5, 0.6) is 5.75 Å². The summed E-state index contributed by atoms with van der Waals surface area (Å²) in [5.74, 6) is 0.342. The average Bonchev–Trinajstić information content (AvgIpc) is 2.19. The van der Waals surface area contributed by atoms with Crippen molar-refractivity contribution in [3.63, 3.8) is 0 Å². The first kappa shape index (κ1) is 10.8. The molecule has 1 aromatic rings. The maximum atomic E-state index is 9.42. The zero-order valence-corrected chi connectivity index (χ0v) is 9.39. The number of phenols is 1. The molecule has 0 aliphatic rings. The number of hydrogen-bond acceptors (Lipinski definition) is 1. The van der Waals surface area contributed by atoms with Gasteiger partial charge in [0.25, 0.3) is 0 Å². The summed E-state index contributed by atoms with van der Waals surface area (Å²) < 4.78 is 0. The molecule has 76 valence electrons. The monoisotopic (exact) mass is 190 g/mol. The molecule has 0 aliphatic carbocycles. The highest BCUT2D eigenvalue weighted by Crippen LogP contribution is 2.26. The first-order chi connectivity index (χ1) is 6.56. The van der Waals surface area contributed by atoms with Gasteiger partial charge in [0.15, 0.2) is 0 Å². The van der Waals surface area contributed by atoms with Gasteiger partial charge in [-0.15, -0.1) is 0 Å². The van der Waals surface area contributed by atoms with Crippen LogP contribution in [0.2, 0.25) is 0 Å². The van der Waals surface area contributed by atoms with E-state index < -0.39 is 0 Å². The third kappa shape index (κ3) is 2.16. The van der Waals surface area contributed by atoms with Crippen LogP contribution in [-0.4, -0.2) is 5.11 Å². The molecule has 0 amide bonds. The fraction of sp³-hybridized carbons (Fsp3) is 0.385. The van der Waals surface area contributed by atoms with Crippen molar-refractivity contribution in [3.05, 3.63) is 34.9 Å². The van der Waals surface area contributed by atoms with Crippen LogP contribution in [0, 0.1) is 6.92 Å². The van der Waals surface area contributed by atoms with Gasteiger partial charge in [0.1, 0.15) is 5.75 Å². The number of aromatic hydroxyl groups is 1. The van der Waals surface area contributed by atoms with Gasteiger partial charge in [-0.1, -0.05) is 18.6 Å². The van der Waals surface area contributed by atoms with Gasteiger partial charge in [-0.3, -0.25) is 0 Å². The third-order valence-electron chi connectivity index (χ3n) is 2.80. The second kappa shape index (κ2) is 4.32. The van der Waals surface area contributed by atoms with Gasteiger partial charge < -0.3 is 5.11 Å². The number of allylic oxidation sites excluding steroid dienone is 2. The summed E-state index contributed by atoms with van der Waals surface area (Å²) in [6.45, 7) is 8.47. The van der Waals surface area contributed by atoms with E-state index in [-0.39, 0.29) is 0 Å². The van der Waals surface area contributed by atoms with Crippen molar-refractivity contribution >= 4 is 5.57 Å². The summed E-state index contributed by atoms with van der Waals surface area (Å²) in [5, 5.41) is 9.42. The second-order valence-corrected chi connectivity index (χ2v) is 3.76. The molecule has 1 rings (SSSR count). The van der Waals surface area contributed by atoms with E-state index in [2.05, 4.69) is 27.7 Å². The molecule has 0 saturated carbocycles. The molecular weight excluding hydrogens is 172 g/mol.